The van der Waals surface area contributed by atoms with E-state index in [-0.39, 0.29) is 23.4 Å². The third-order valence-electron chi connectivity index (χ3n) is 4.12. The van der Waals surface area contributed by atoms with Gasteiger partial charge in [-0.3, -0.25) is 19.6 Å². The summed E-state index contributed by atoms with van der Waals surface area (Å²) in [6.45, 7) is 0.849. The monoisotopic (exact) mass is 329 g/mol. The molecule has 1 amide bonds. The van der Waals surface area contributed by atoms with Gasteiger partial charge in [-0.2, -0.15) is 5.10 Å². The summed E-state index contributed by atoms with van der Waals surface area (Å²) in [7, 11) is 1.86. The molecule has 0 spiro atoms. The van der Waals surface area contributed by atoms with Gasteiger partial charge in [0.25, 0.3) is 5.69 Å². The Hall–Kier alpha value is -2.90. The molecule has 24 heavy (non-hydrogen) atoms. The van der Waals surface area contributed by atoms with Crippen LogP contribution in [0, 0.1) is 16.0 Å². The first-order chi connectivity index (χ1) is 11.6. The molecule has 0 saturated heterocycles. The second kappa shape index (κ2) is 6.69. The predicted octanol–water partition coefficient (Wildman–Crippen LogP) is 1.66. The molecule has 0 aliphatic heterocycles. The Morgan fingerprint density at radius 2 is 2.21 bits per heavy atom. The summed E-state index contributed by atoms with van der Waals surface area (Å²) in [4.78, 5) is 22.6. The van der Waals surface area contributed by atoms with Crippen molar-refractivity contribution < 1.29 is 9.72 Å². The highest BCUT2D eigenvalue weighted by molar-refractivity contribution is 5.82. The lowest BCUT2D eigenvalue weighted by Crippen LogP contribution is -2.30. The molecule has 1 aliphatic carbocycles. The van der Waals surface area contributed by atoms with E-state index in [0.717, 1.165) is 12.0 Å². The molecule has 1 aromatic heterocycles. The number of hydrogen-bond acceptors (Lipinski definition) is 5. The van der Waals surface area contributed by atoms with Crippen LogP contribution in [0.1, 0.15) is 17.9 Å². The molecule has 0 radical (unpaired) electrons. The summed E-state index contributed by atoms with van der Waals surface area (Å²) in [5.74, 6) is 0.273. The second-order valence-corrected chi connectivity index (χ2v) is 5.89. The van der Waals surface area contributed by atoms with Gasteiger partial charge in [-0.1, -0.05) is 12.1 Å². The molecule has 0 unspecified atom stereocenters. The van der Waals surface area contributed by atoms with E-state index in [1.165, 1.54) is 6.07 Å². The molecule has 3 rings (SSSR count). The fourth-order valence-electron chi connectivity index (χ4n) is 2.78. The normalized spacial score (nSPS) is 18.9. The van der Waals surface area contributed by atoms with Crippen LogP contribution in [-0.4, -0.2) is 33.7 Å². The number of aromatic nitrogens is 2. The summed E-state index contributed by atoms with van der Waals surface area (Å²) < 4.78 is 1.74. The zero-order chi connectivity index (χ0) is 17.1. The van der Waals surface area contributed by atoms with E-state index >= 15 is 0 Å². The van der Waals surface area contributed by atoms with Crippen molar-refractivity contribution in [3.05, 3.63) is 52.3 Å². The zero-order valence-electron chi connectivity index (χ0n) is 13.3. The van der Waals surface area contributed by atoms with E-state index in [1.807, 2.05) is 13.2 Å². The Morgan fingerprint density at radius 3 is 2.92 bits per heavy atom. The van der Waals surface area contributed by atoms with E-state index in [2.05, 4.69) is 15.7 Å². The number of rotatable bonds is 7. The number of nitrogens with one attached hydrogen (secondary N) is 2. The van der Waals surface area contributed by atoms with E-state index in [4.69, 9.17) is 0 Å². The number of benzene rings is 1. The first-order valence-electron chi connectivity index (χ1n) is 7.80. The summed E-state index contributed by atoms with van der Waals surface area (Å²) in [5, 5.41) is 20.9. The van der Waals surface area contributed by atoms with Gasteiger partial charge in [0.1, 0.15) is 5.69 Å². The first-order valence-corrected chi connectivity index (χ1v) is 7.80. The molecule has 1 saturated carbocycles. The maximum atomic E-state index is 12.1. The Labute approximate surface area is 139 Å². The third-order valence-corrected chi connectivity index (χ3v) is 4.12. The lowest BCUT2D eigenvalue weighted by molar-refractivity contribution is -0.384. The first kappa shape index (κ1) is 16.0. The highest BCUT2D eigenvalue weighted by Crippen LogP contribution is 2.47. The van der Waals surface area contributed by atoms with Crippen molar-refractivity contribution in [2.45, 2.75) is 12.3 Å². The summed E-state index contributed by atoms with van der Waals surface area (Å²) in [6.07, 6.45) is 4.58. The number of carbonyl (C=O) groups excluding carboxylic acids is 1. The summed E-state index contributed by atoms with van der Waals surface area (Å²) >= 11 is 0. The van der Waals surface area contributed by atoms with Crippen molar-refractivity contribution in [3.63, 3.8) is 0 Å². The predicted molar refractivity (Wildman–Crippen MR) is 88.7 cm³/mol. The molecular formula is C16H19N5O3. The fraction of sp³-hybridized carbons (Fsp3) is 0.375. The second-order valence-electron chi connectivity index (χ2n) is 5.89. The number of aryl methyl sites for hydroxylation is 1. The van der Waals surface area contributed by atoms with Crippen LogP contribution < -0.4 is 10.6 Å². The molecule has 0 bridgehead atoms. The Morgan fingerprint density at radius 1 is 1.42 bits per heavy atom. The average molecular weight is 329 g/mol. The van der Waals surface area contributed by atoms with E-state index in [1.54, 1.807) is 29.1 Å². The van der Waals surface area contributed by atoms with Gasteiger partial charge in [-0.25, -0.2) is 0 Å². The van der Waals surface area contributed by atoms with Gasteiger partial charge in [-0.05, 0) is 24.0 Å². The molecule has 1 aromatic carbocycles. The van der Waals surface area contributed by atoms with Crippen LogP contribution in [0.15, 0.2) is 36.7 Å². The quantitative estimate of drug-likeness (QED) is 0.457. The van der Waals surface area contributed by atoms with Crippen molar-refractivity contribution in [1.29, 1.82) is 0 Å². The number of nitro groups is 1. The van der Waals surface area contributed by atoms with Gasteiger partial charge >= 0.3 is 0 Å². The number of nitro benzene ring substituents is 1. The lowest BCUT2D eigenvalue weighted by atomic mass is 10.2. The number of para-hydroxylation sites is 2. The molecular weight excluding hydrogens is 310 g/mol. The SMILES string of the molecule is Cn1cc([C@@H]2C[C@H]2C(=O)NCCNc2ccccc2[N+](=O)[O-])cn1. The average Bonchev–Trinajstić information content (AvgIpc) is 3.26. The standard InChI is InChI=1S/C16H19N5O3/c1-20-10-11(9-19-20)12-8-13(12)16(22)18-7-6-17-14-4-2-3-5-15(14)21(23)24/h2-5,9-10,12-13,17H,6-8H2,1H3,(H,18,22)/t12-,13+/m0/s1. The number of amides is 1. The fourth-order valence-corrected chi connectivity index (χ4v) is 2.78. The largest absolute Gasteiger partial charge is 0.378 e. The van der Waals surface area contributed by atoms with E-state index in [0.29, 0.717) is 18.8 Å². The maximum absolute atomic E-state index is 12.1. The molecule has 2 atom stereocenters. The Kier molecular flexibility index (Phi) is 4.45. The number of anilines is 1. The number of hydrogen-bond donors (Lipinski definition) is 2. The molecule has 8 nitrogen and oxygen atoms in total. The summed E-state index contributed by atoms with van der Waals surface area (Å²) in [6, 6.07) is 6.45. The smallest absolute Gasteiger partial charge is 0.292 e. The van der Waals surface area contributed by atoms with Gasteiger partial charge in [0.15, 0.2) is 0 Å². The van der Waals surface area contributed by atoms with Crippen LogP contribution in [0.5, 0.6) is 0 Å². The van der Waals surface area contributed by atoms with E-state index < -0.39 is 4.92 Å². The zero-order valence-corrected chi connectivity index (χ0v) is 13.3. The molecule has 2 N–H and O–H groups in total. The van der Waals surface area contributed by atoms with Crippen LogP contribution in [0.4, 0.5) is 11.4 Å². The van der Waals surface area contributed by atoms with Crippen molar-refractivity contribution >= 4 is 17.3 Å². The van der Waals surface area contributed by atoms with Gasteiger partial charge in [0.2, 0.25) is 5.91 Å². The Balaban J connectivity index is 1.43. The van der Waals surface area contributed by atoms with Gasteiger partial charge < -0.3 is 10.6 Å². The molecule has 8 heteroatoms. The minimum atomic E-state index is -0.427. The van der Waals surface area contributed by atoms with Crippen LogP contribution in [0.25, 0.3) is 0 Å². The highest BCUT2D eigenvalue weighted by atomic mass is 16.6. The molecule has 1 fully saturated rings. The maximum Gasteiger partial charge on any atom is 0.292 e. The van der Waals surface area contributed by atoms with Crippen molar-refractivity contribution in [2.75, 3.05) is 18.4 Å². The molecule has 1 heterocycles. The summed E-state index contributed by atoms with van der Waals surface area (Å²) in [5.41, 5.74) is 1.58. The molecule has 1 aliphatic rings. The van der Waals surface area contributed by atoms with Crippen LogP contribution >= 0.6 is 0 Å². The van der Waals surface area contributed by atoms with Crippen molar-refractivity contribution in [1.82, 2.24) is 15.1 Å². The molecule has 126 valence electrons. The highest BCUT2D eigenvalue weighted by Gasteiger charge is 2.44. The molecule has 2 aromatic rings. The third kappa shape index (κ3) is 3.53. The van der Waals surface area contributed by atoms with Gasteiger partial charge in [0.05, 0.1) is 11.1 Å². The van der Waals surface area contributed by atoms with Gasteiger partial charge in [-0.15, -0.1) is 0 Å². The number of nitrogens with zero attached hydrogens (tertiary/aromatic N) is 3. The Bertz CT molecular complexity index is 758. The van der Waals surface area contributed by atoms with Crippen LogP contribution in [0.2, 0.25) is 0 Å². The van der Waals surface area contributed by atoms with Crippen LogP contribution in [-0.2, 0) is 11.8 Å². The van der Waals surface area contributed by atoms with Crippen molar-refractivity contribution in [2.24, 2.45) is 13.0 Å². The van der Waals surface area contributed by atoms with E-state index in [9.17, 15) is 14.9 Å². The van der Waals surface area contributed by atoms with Gasteiger partial charge in [0, 0.05) is 38.3 Å². The topological polar surface area (TPSA) is 102 Å². The van der Waals surface area contributed by atoms with Crippen LogP contribution in [0.3, 0.4) is 0 Å². The minimum absolute atomic E-state index is 0.000242. The van der Waals surface area contributed by atoms with Crippen molar-refractivity contribution in [3.8, 4) is 0 Å². The number of carbonyl (C=O) groups is 1. The lowest BCUT2D eigenvalue weighted by Gasteiger charge is -2.08. The minimum Gasteiger partial charge on any atom is -0.378 e.